The predicted molar refractivity (Wildman–Crippen MR) is 97.0 cm³/mol. The van der Waals surface area contributed by atoms with E-state index in [0.29, 0.717) is 18.1 Å². The van der Waals surface area contributed by atoms with Crippen LogP contribution in [0.2, 0.25) is 0 Å². The molecule has 0 spiro atoms. The van der Waals surface area contributed by atoms with Crippen molar-refractivity contribution in [3.63, 3.8) is 0 Å². The third-order valence-corrected chi connectivity index (χ3v) is 4.30. The number of hydrogen-bond acceptors (Lipinski definition) is 2. The molecule has 1 aliphatic carbocycles. The molecule has 0 aromatic heterocycles. The highest BCUT2D eigenvalue weighted by atomic mass is 16.1. The maximum atomic E-state index is 11.2. The van der Waals surface area contributed by atoms with Crippen molar-refractivity contribution in [2.24, 2.45) is 16.5 Å². The molecular weight excluding hydrogens is 300 g/mol. The average Bonchev–Trinajstić information content (AvgIpc) is 2.60. The molecule has 5 nitrogen and oxygen atoms in total. The third kappa shape index (κ3) is 3.74. The van der Waals surface area contributed by atoms with Gasteiger partial charge < -0.3 is 16.8 Å². The number of anilines is 1. The molecule has 0 saturated heterocycles. The number of primary amides is 1. The van der Waals surface area contributed by atoms with Crippen molar-refractivity contribution in [1.82, 2.24) is 0 Å². The lowest BCUT2D eigenvalue weighted by molar-refractivity contribution is 0.1000. The fourth-order valence-electron chi connectivity index (χ4n) is 3.08. The summed E-state index contributed by atoms with van der Waals surface area (Å²) in [7, 11) is 0. The molecule has 1 amide bonds. The van der Waals surface area contributed by atoms with Crippen LogP contribution in [0.3, 0.4) is 0 Å². The summed E-state index contributed by atoms with van der Waals surface area (Å²) in [6.45, 7) is 0.398. The lowest BCUT2D eigenvalue weighted by Gasteiger charge is -2.19. The van der Waals surface area contributed by atoms with Crippen molar-refractivity contribution in [1.29, 1.82) is 0 Å². The van der Waals surface area contributed by atoms with Gasteiger partial charge in [-0.05, 0) is 60.6 Å². The average molecular weight is 322 g/mol. The number of hydrogen-bond donors (Lipinski definition) is 3. The Kier molecular flexibility index (Phi) is 4.79. The number of nitrogens with two attached hydrogens (primary N) is 2. The van der Waals surface area contributed by atoms with Gasteiger partial charge in [0.1, 0.15) is 0 Å². The van der Waals surface area contributed by atoms with Crippen LogP contribution in [-0.2, 0) is 19.4 Å². The number of aliphatic imine (C=N–C) groups is 1. The van der Waals surface area contributed by atoms with Crippen LogP contribution in [0.5, 0.6) is 0 Å². The minimum Gasteiger partial charge on any atom is -0.370 e. The second kappa shape index (κ2) is 7.17. The van der Waals surface area contributed by atoms with Crippen LogP contribution < -0.4 is 16.8 Å². The maximum absolute atomic E-state index is 11.2. The largest absolute Gasteiger partial charge is 0.370 e. The van der Waals surface area contributed by atoms with Crippen LogP contribution in [0, 0.1) is 0 Å². The smallest absolute Gasteiger partial charge is 0.248 e. The molecule has 0 bridgehead atoms. The van der Waals surface area contributed by atoms with E-state index in [1.165, 1.54) is 24.0 Å². The monoisotopic (exact) mass is 322 g/mol. The van der Waals surface area contributed by atoms with E-state index in [1.54, 1.807) is 18.2 Å². The molecule has 2 aromatic carbocycles. The minimum atomic E-state index is -0.442. The predicted octanol–water partition coefficient (Wildman–Crippen LogP) is 2.59. The zero-order valence-corrected chi connectivity index (χ0v) is 13.6. The van der Waals surface area contributed by atoms with Gasteiger partial charge >= 0.3 is 0 Å². The Morgan fingerprint density at radius 2 is 1.88 bits per heavy atom. The second-order valence-corrected chi connectivity index (χ2v) is 6.04. The first-order valence-electron chi connectivity index (χ1n) is 8.20. The lowest BCUT2D eigenvalue weighted by Crippen LogP contribution is -2.24. The Morgan fingerprint density at radius 3 is 2.71 bits per heavy atom. The molecule has 0 heterocycles. The first-order chi connectivity index (χ1) is 11.6. The summed E-state index contributed by atoms with van der Waals surface area (Å²) in [5.74, 6) is -0.0682. The van der Waals surface area contributed by atoms with E-state index in [4.69, 9.17) is 11.5 Å². The summed E-state index contributed by atoms with van der Waals surface area (Å²) in [6, 6.07) is 13.4. The van der Waals surface area contributed by atoms with Crippen molar-refractivity contribution in [3.8, 4) is 0 Å². The summed E-state index contributed by atoms with van der Waals surface area (Å²) in [6.07, 6.45) is 4.66. The fourth-order valence-corrected chi connectivity index (χ4v) is 3.08. The van der Waals surface area contributed by atoms with Gasteiger partial charge in [0.2, 0.25) is 5.91 Å². The number of fused-ring (bicyclic) bond motifs is 1. The second-order valence-electron chi connectivity index (χ2n) is 6.04. The van der Waals surface area contributed by atoms with Gasteiger partial charge in [-0.3, -0.25) is 4.79 Å². The Balaban J connectivity index is 1.71. The van der Waals surface area contributed by atoms with Gasteiger partial charge in [0.05, 0.1) is 6.54 Å². The minimum absolute atomic E-state index is 0.374. The first kappa shape index (κ1) is 16.1. The quantitative estimate of drug-likeness (QED) is 0.596. The van der Waals surface area contributed by atoms with Gasteiger partial charge in [-0.15, -0.1) is 0 Å². The molecule has 24 heavy (non-hydrogen) atoms. The molecule has 0 radical (unpaired) electrons. The van der Waals surface area contributed by atoms with E-state index in [0.717, 1.165) is 24.1 Å². The van der Waals surface area contributed by atoms with E-state index in [2.05, 4.69) is 22.4 Å². The number of nitrogens with zero attached hydrogens (tertiary/aromatic N) is 1. The number of aryl methyl sites for hydroxylation is 1. The SMILES string of the molecule is NC(=O)c1cccc(CN=C(N)Nc2cccc3c2CCCC3)c1. The Bertz CT molecular complexity index is 783. The van der Waals surface area contributed by atoms with Crippen LogP contribution >= 0.6 is 0 Å². The molecule has 0 atom stereocenters. The van der Waals surface area contributed by atoms with Crippen molar-refractivity contribution < 1.29 is 4.79 Å². The van der Waals surface area contributed by atoms with Gasteiger partial charge in [0.25, 0.3) is 0 Å². The van der Waals surface area contributed by atoms with Gasteiger partial charge in [-0.25, -0.2) is 4.99 Å². The third-order valence-electron chi connectivity index (χ3n) is 4.30. The highest BCUT2D eigenvalue weighted by Gasteiger charge is 2.13. The van der Waals surface area contributed by atoms with Crippen LogP contribution in [0.15, 0.2) is 47.5 Å². The molecule has 5 N–H and O–H groups in total. The first-order valence-corrected chi connectivity index (χ1v) is 8.20. The number of amides is 1. The van der Waals surface area contributed by atoms with Gasteiger partial charge in [0, 0.05) is 11.3 Å². The summed E-state index contributed by atoms with van der Waals surface area (Å²) in [5, 5.41) is 3.21. The zero-order chi connectivity index (χ0) is 16.9. The summed E-state index contributed by atoms with van der Waals surface area (Å²) >= 11 is 0. The molecule has 0 aliphatic heterocycles. The van der Waals surface area contributed by atoms with E-state index in [-0.39, 0.29) is 0 Å². The van der Waals surface area contributed by atoms with Crippen LogP contribution in [0.25, 0.3) is 0 Å². The number of nitrogens with one attached hydrogen (secondary N) is 1. The number of guanidine groups is 1. The van der Waals surface area contributed by atoms with Gasteiger partial charge in [0.15, 0.2) is 5.96 Å². The van der Waals surface area contributed by atoms with Crippen LogP contribution in [0.1, 0.15) is 39.9 Å². The highest BCUT2D eigenvalue weighted by Crippen LogP contribution is 2.27. The molecule has 0 fully saturated rings. The van der Waals surface area contributed by atoms with Gasteiger partial charge in [-0.2, -0.15) is 0 Å². The zero-order valence-electron chi connectivity index (χ0n) is 13.6. The standard InChI is InChI=1S/C19H22N4O/c20-18(24)15-8-3-5-13(11-15)12-22-19(21)23-17-10-4-7-14-6-1-2-9-16(14)17/h3-5,7-8,10-11H,1-2,6,9,12H2,(H2,20,24)(H3,21,22,23). The van der Waals surface area contributed by atoms with E-state index in [9.17, 15) is 4.79 Å². The van der Waals surface area contributed by atoms with Crippen LogP contribution in [0.4, 0.5) is 5.69 Å². The summed E-state index contributed by atoms with van der Waals surface area (Å²) < 4.78 is 0. The maximum Gasteiger partial charge on any atom is 0.248 e. The molecule has 0 unspecified atom stereocenters. The molecule has 2 aromatic rings. The number of carbonyl (C=O) groups excluding carboxylic acids is 1. The number of rotatable bonds is 4. The molecular formula is C19H22N4O. The molecule has 5 heteroatoms. The number of carbonyl (C=O) groups is 1. The topological polar surface area (TPSA) is 93.5 Å². The van der Waals surface area contributed by atoms with E-state index < -0.39 is 5.91 Å². The Morgan fingerprint density at radius 1 is 1.08 bits per heavy atom. The van der Waals surface area contributed by atoms with Crippen molar-refractivity contribution in [3.05, 3.63) is 64.7 Å². The van der Waals surface area contributed by atoms with E-state index >= 15 is 0 Å². The van der Waals surface area contributed by atoms with Crippen LogP contribution in [-0.4, -0.2) is 11.9 Å². The normalized spacial score (nSPS) is 14.1. The summed E-state index contributed by atoms with van der Waals surface area (Å²) in [4.78, 5) is 15.6. The molecule has 3 rings (SSSR count). The molecule has 124 valence electrons. The fraction of sp³-hybridized carbons (Fsp3) is 0.263. The van der Waals surface area contributed by atoms with E-state index in [1.807, 2.05) is 12.1 Å². The Hall–Kier alpha value is -2.82. The summed E-state index contributed by atoms with van der Waals surface area (Å²) in [5.41, 5.74) is 16.5. The van der Waals surface area contributed by atoms with Crippen molar-refractivity contribution >= 4 is 17.6 Å². The lowest BCUT2D eigenvalue weighted by atomic mass is 9.90. The highest BCUT2D eigenvalue weighted by molar-refractivity contribution is 5.94. The molecule has 0 saturated carbocycles. The number of benzene rings is 2. The molecule has 1 aliphatic rings. The van der Waals surface area contributed by atoms with Crippen molar-refractivity contribution in [2.75, 3.05) is 5.32 Å². The Labute approximate surface area is 141 Å². The van der Waals surface area contributed by atoms with Gasteiger partial charge in [-0.1, -0.05) is 24.3 Å². The van der Waals surface area contributed by atoms with Crippen molar-refractivity contribution in [2.45, 2.75) is 32.2 Å².